The van der Waals surface area contributed by atoms with E-state index >= 15 is 0 Å². The first kappa shape index (κ1) is 34.0. The highest BCUT2D eigenvalue weighted by Crippen LogP contribution is 2.42. The fraction of sp³-hybridized carbons (Fsp3) is 0.325. The van der Waals surface area contributed by atoms with Crippen LogP contribution < -0.4 is 0 Å². The summed E-state index contributed by atoms with van der Waals surface area (Å²) in [6.07, 6.45) is 9.99. The quantitative estimate of drug-likeness (QED) is 0.101. The van der Waals surface area contributed by atoms with Crippen LogP contribution in [0, 0.1) is 6.92 Å². The van der Waals surface area contributed by atoms with Gasteiger partial charge in [-0.25, -0.2) is 0 Å². The predicted octanol–water partition coefficient (Wildman–Crippen LogP) is 8.71. The monoisotopic (exact) mass is 704 g/mol. The molecule has 10 heteroatoms. The second kappa shape index (κ2) is 15.2. The van der Waals surface area contributed by atoms with Gasteiger partial charge in [-0.05, 0) is 80.9 Å². The van der Waals surface area contributed by atoms with Crippen LogP contribution in [-0.2, 0) is 29.0 Å². The van der Waals surface area contributed by atoms with Gasteiger partial charge in [-0.15, -0.1) is 21.5 Å². The SMILES string of the molecule is CCOC(=O)CCCC/C=C(/c1ccc(CN2CCc3c(sc4c3C(c3ccccc3Cl)=NC(C)c3nnc(C)n3-4)C2)cc1)c1cccnc1. The van der Waals surface area contributed by atoms with Crippen molar-refractivity contribution in [1.82, 2.24) is 24.6 Å². The molecule has 3 aromatic heterocycles. The molecule has 0 fully saturated rings. The van der Waals surface area contributed by atoms with Gasteiger partial charge in [-0.3, -0.25) is 24.2 Å². The lowest BCUT2D eigenvalue weighted by atomic mass is 9.94. The summed E-state index contributed by atoms with van der Waals surface area (Å²) in [5, 5.41) is 10.8. The number of rotatable bonds is 11. The molecule has 1 atom stereocenters. The van der Waals surface area contributed by atoms with E-state index in [-0.39, 0.29) is 12.0 Å². The number of aromatic nitrogens is 4. The summed E-state index contributed by atoms with van der Waals surface area (Å²) in [7, 11) is 0. The van der Waals surface area contributed by atoms with Crippen molar-refractivity contribution in [3.8, 4) is 5.00 Å². The Kier molecular flexibility index (Phi) is 10.4. The number of aryl methyl sites for hydroxylation is 1. The summed E-state index contributed by atoms with van der Waals surface area (Å²) in [5.41, 5.74) is 9.13. The number of ether oxygens (including phenoxy) is 1. The summed E-state index contributed by atoms with van der Waals surface area (Å²) in [5.74, 6) is 1.61. The van der Waals surface area contributed by atoms with Gasteiger partial charge in [0.15, 0.2) is 5.82 Å². The van der Waals surface area contributed by atoms with Crippen LogP contribution in [0.15, 0.2) is 84.1 Å². The van der Waals surface area contributed by atoms with Gasteiger partial charge in [-0.1, -0.05) is 66.2 Å². The topological polar surface area (TPSA) is 85.5 Å². The van der Waals surface area contributed by atoms with E-state index in [9.17, 15) is 4.79 Å². The van der Waals surface area contributed by atoms with Crippen LogP contribution in [0.1, 0.15) is 95.5 Å². The Labute approximate surface area is 302 Å². The van der Waals surface area contributed by atoms with Crippen molar-refractivity contribution in [3.05, 3.63) is 134 Å². The number of nitrogens with zero attached hydrogens (tertiary/aromatic N) is 6. The molecule has 5 heterocycles. The highest BCUT2D eigenvalue weighted by Gasteiger charge is 2.34. The number of hydrogen-bond donors (Lipinski definition) is 0. The molecule has 0 amide bonds. The zero-order valence-electron chi connectivity index (χ0n) is 28.7. The van der Waals surface area contributed by atoms with Crippen molar-refractivity contribution >= 4 is 40.2 Å². The smallest absolute Gasteiger partial charge is 0.305 e. The predicted molar refractivity (Wildman–Crippen MR) is 200 cm³/mol. The number of hydrogen-bond acceptors (Lipinski definition) is 8. The third-order valence-electron chi connectivity index (χ3n) is 9.36. The molecule has 0 bridgehead atoms. The van der Waals surface area contributed by atoms with E-state index in [4.69, 9.17) is 21.3 Å². The molecule has 0 spiro atoms. The number of esters is 1. The number of thiophene rings is 1. The molecule has 0 saturated carbocycles. The van der Waals surface area contributed by atoms with E-state index in [0.29, 0.717) is 18.1 Å². The fourth-order valence-corrected chi connectivity index (χ4v) is 8.59. The number of fused-ring (bicyclic) bond motifs is 5. The van der Waals surface area contributed by atoms with E-state index in [1.807, 2.05) is 55.6 Å². The minimum Gasteiger partial charge on any atom is -0.466 e. The lowest BCUT2D eigenvalue weighted by Crippen LogP contribution is -2.29. The molecule has 0 radical (unpaired) electrons. The second-order valence-electron chi connectivity index (χ2n) is 12.8. The van der Waals surface area contributed by atoms with E-state index in [2.05, 4.69) is 74.0 Å². The molecule has 7 rings (SSSR count). The van der Waals surface area contributed by atoms with Gasteiger partial charge >= 0.3 is 5.97 Å². The number of unbranched alkanes of at least 4 members (excludes halogenated alkanes) is 2. The zero-order chi connectivity index (χ0) is 34.6. The van der Waals surface area contributed by atoms with Gasteiger partial charge in [0.2, 0.25) is 0 Å². The highest BCUT2D eigenvalue weighted by molar-refractivity contribution is 7.15. The van der Waals surface area contributed by atoms with Crippen molar-refractivity contribution < 1.29 is 9.53 Å². The average molecular weight is 705 g/mol. The molecule has 0 aliphatic carbocycles. The number of pyridine rings is 1. The van der Waals surface area contributed by atoms with Crippen molar-refractivity contribution in [1.29, 1.82) is 0 Å². The van der Waals surface area contributed by atoms with Crippen LogP contribution in [0.5, 0.6) is 0 Å². The number of halogens is 1. The van der Waals surface area contributed by atoms with Crippen LogP contribution in [0.2, 0.25) is 5.02 Å². The Morgan fingerprint density at radius 2 is 1.90 bits per heavy atom. The summed E-state index contributed by atoms with van der Waals surface area (Å²) < 4.78 is 7.28. The highest BCUT2D eigenvalue weighted by atomic mass is 35.5. The Morgan fingerprint density at radius 3 is 2.68 bits per heavy atom. The maximum Gasteiger partial charge on any atom is 0.305 e. The number of carbonyl (C=O) groups excluding carboxylic acids is 1. The number of carbonyl (C=O) groups is 1. The summed E-state index contributed by atoms with van der Waals surface area (Å²) in [6.45, 7) is 9.04. The first-order chi connectivity index (χ1) is 24.4. The zero-order valence-corrected chi connectivity index (χ0v) is 30.3. The van der Waals surface area contributed by atoms with Crippen molar-refractivity contribution in [2.75, 3.05) is 13.2 Å². The molecular formula is C40H41ClN6O2S. The van der Waals surface area contributed by atoms with E-state index in [0.717, 1.165) is 89.9 Å². The summed E-state index contributed by atoms with van der Waals surface area (Å²) in [4.78, 5) is 25.2. The van der Waals surface area contributed by atoms with Crippen LogP contribution in [0.25, 0.3) is 10.6 Å². The molecular weight excluding hydrogens is 664 g/mol. The largest absolute Gasteiger partial charge is 0.466 e. The minimum atomic E-state index is -0.148. The lowest BCUT2D eigenvalue weighted by Gasteiger charge is -2.27. The Morgan fingerprint density at radius 1 is 1.06 bits per heavy atom. The lowest BCUT2D eigenvalue weighted by molar-refractivity contribution is -0.143. The van der Waals surface area contributed by atoms with E-state index in [1.165, 1.54) is 21.6 Å². The molecule has 5 aromatic rings. The minimum absolute atomic E-state index is 0.122. The number of allylic oxidation sites excluding steroid dienone is 1. The van der Waals surface area contributed by atoms with Crippen molar-refractivity contribution in [2.45, 2.75) is 72.0 Å². The summed E-state index contributed by atoms with van der Waals surface area (Å²) in [6, 6.07) is 20.9. The van der Waals surface area contributed by atoms with Gasteiger partial charge in [0.1, 0.15) is 16.9 Å². The number of aliphatic imine (C=N–C) groups is 1. The Bertz CT molecular complexity index is 2050. The molecule has 50 heavy (non-hydrogen) atoms. The normalized spacial score (nSPS) is 15.9. The van der Waals surface area contributed by atoms with E-state index in [1.54, 1.807) is 6.20 Å². The van der Waals surface area contributed by atoms with Gasteiger partial charge in [0, 0.05) is 65.0 Å². The van der Waals surface area contributed by atoms with Crippen molar-refractivity contribution in [2.24, 2.45) is 4.99 Å². The molecule has 2 aliphatic heterocycles. The van der Waals surface area contributed by atoms with Crippen LogP contribution in [0.3, 0.4) is 0 Å². The molecule has 0 saturated heterocycles. The molecule has 0 N–H and O–H groups in total. The van der Waals surface area contributed by atoms with Crippen LogP contribution in [-0.4, -0.2) is 49.5 Å². The maximum atomic E-state index is 11.7. The summed E-state index contributed by atoms with van der Waals surface area (Å²) >= 11 is 8.62. The van der Waals surface area contributed by atoms with Gasteiger partial charge in [0.05, 0.1) is 12.3 Å². The standard InChI is InChI=1S/C40H41ClN6O2S/c1-4-49-36(48)15-7-5-6-12-31(30-11-10-21-42-23-30)29-18-16-28(17-19-29)24-46-22-20-33-35(25-46)50-40-37(33)38(32-13-8-9-14-34(32)41)43-26(2)39-45-44-27(3)47(39)40/h8-14,16-19,21,23,26H,4-7,15,20,22,24-25H2,1-3H3/b31-12-. The van der Waals surface area contributed by atoms with Gasteiger partial charge in [0.25, 0.3) is 0 Å². The third kappa shape index (κ3) is 7.08. The maximum absolute atomic E-state index is 11.7. The van der Waals surface area contributed by atoms with E-state index < -0.39 is 0 Å². The molecule has 2 aromatic carbocycles. The molecule has 8 nitrogen and oxygen atoms in total. The average Bonchev–Trinajstić information content (AvgIpc) is 3.66. The number of benzene rings is 2. The van der Waals surface area contributed by atoms with Gasteiger partial charge in [-0.2, -0.15) is 0 Å². The fourth-order valence-electron chi connectivity index (χ4n) is 6.92. The third-order valence-corrected chi connectivity index (χ3v) is 10.9. The Balaban J connectivity index is 1.11. The Hall–Kier alpha value is -4.44. The first-order valence-corrected chi connectivity index (χ1v) is 18.6. The molecule has 2 aliphatic rings. The first-order valence-electron chi connectivity index (χ1n) is 17.4. The van der Waals surface area contributed by atoms with Crippen LogP contribution in [0.4, 0.5) is 0 Å². The molecule has 256 valence electrons. The van der Waals surface area contributed by atoms with Crippen LogP contribution >= 0.6 is 22.9 Å². The van der Waals surface area contributed by atoms with Crippen molar-refractivity contribution in [3.63, 3.8) is 0 Å². The van der Waals surface area contributed by atoms with Gasteiger partial charge < -0.3 is 4.74 Å². The molecule has 1 unspecified atom stereocenters. The second-order valence-corrected chi connectivity index (χ2v) is 14.3.